The van der Waals surface area contributed by atoms with Crippen LogP contribution in [0.1, 0.15) is 32.3 Å². The maximum atomic E-state index is 12.2. The second-order valence-corrected chi connectivity index (χ2v) is 7.78. The van der Waals surface area contributed by atoms with Crippen molar-refractivity contribution in [2.24, 2.45) is 0 Å². The van der Waals surface area contributed by atoms with Gasteiger partial charge in [-0.25, -0.2) is 0 Å². The van der Waals surface area contributed by atoms with Gasteiger partial charge in [-0.1, -0.05) is 67.9 Å². The lowest BCUT2D eigenvalue weighted by molar-refractivity contribution is -0.121. The van der Waals surface area contributed by atoms with E-state index in [1.54, 1.807) is 0 Å². The van der Waals surface area contributed by atoms with Gasteiger partial charge in [0.1, 0.15) is 0 Å². The minimum atomic E-state index is -0.168. The summed E-state index contributed by atoms with van der Waals surface area (Å²) < 4.78 is 0. The number of halogens is 1. The first-order valence-electron chi connectivity index (χ1n) is 9.30. The highest BCUT2D eigenvalue weighted by molar-refractivity contribution is 6.30. The SMILES string of the molecule is CC(C)(CNC(=O)CCCn1nnc(-c2ccccc2)n1)c1ccc(Cl)cc1. The van der Waals surface area contributed by atoms with E-state index in [2.05, 4.69) is 34.6 Å². The number of carbonyl (C=O) groups is 1. The van der Waals surface area contributed by atoms with Crippen molar-refractivity contribution >= 4 is 17.5 Å². The van der Waals surface area contributed by atoms with Crippen LogP contribution >= 0.6 is 11.6 Å². The predicted molar refractivity (Wildman–Crippen MR) is 110 cm³/mol. The van der Waals surface area contributed by atoms with Gasteiger partial charge in [0, 0.05) is 29.0 Å². The molecule has 0 bridgehead atoms. The summed E-state index contributed by atoms with van der Waals surface area (Å²) in [4.78, 5) is 13.7. The smallest absolute Gasteiger partial charge is 0.220 e. The number of hydrogen-bond donors (Lipinski definition) is 1. The molecule has 0 atom stereocenters. The summed E-state index contributed by atoms with van der Waals surface area (Å²) in [5.41, 5.74) is 1.89. The fraction of sp³-hybridized carbons (Fsp3) is 0.333. The molecular formula is C21H24ClN5O. The second-order valence-electron chi connectivity index (χ2n) is 7.35. The van der Waals surface area contributed by atoms with E-state index in [0.29, 0.717) is 36.8 Å². The van der Waals surface area contributed by atoms with Crippen LogP contribution in [0.2, 0.25) is 5.02 Å². The third-order valence-corrected chi connectivity index (χ3v) is 4.85. The quantitative estimate of drug-likeness (QED) is 0.626. The molecule has 0 radical (unpaired) electrons. The molecule has 1 amide bonds. The van der Waals surface area contributed by atoms with Gasteiger partial charge in [0.15, 0.2) is 0 Å². The van der Waals surface area contributed by atoms with Gasteiger partial charge in [-0.2, -0.15) is 4.80 Å². The molecule has 3 aromatic rings. The molecule has 2 aromatic carbocycles. The van der Waals surface area contributed by atoms with Crippen LogP contribution in [0.5, 0.6) is 0 Å². The van der Waals surface area contributed by atoms with E-state index >= 15 is 0 Å². The van der Waals surface area contributed by atoms with E-state index in [4.69, 9.17) is 11.6 Å². The zero-order valence-corrected chi connectivity index (χ0v) is 16.9. The number of rotatable bonds is 8. The first-order chi connectivity index (χ1) is 13.4. The Balaban J connectivity index is 1.43. The maximum absolute atomic E-state index is 12.2. The minimum Gasteiger partial charge on any atom is -0.355 e. The zero-order chi connectivity index (χ0) is 20.0. The van der Waals surface area contributed by atoms with Gasteiger partial charge in [0.25, 0.3) is 0 Å². The summed E-state index contributed by atoms with van der Waals surface area (Å²) in [5, 5.41) is 16.2. The average molecular weight is 398 g/mol. The number of carbonyl (C=O) groups excluding carboxylic acids is 1. The van der Waals surface area contributed by atoms with Crippen LogP contribution < -0.4 is 5.32 Å². The van der Waals surface area contributed by atoms with Crippen molar-refractivity contribution in [1.29, 1.82) is 0 Å². The topological polar surface area (TPSA) is 72.7 Å². The van der Waals surface area contributed by atoms with Gasteiger partial charge in [0.05, 0.1) is 6.54 Å². The van der Waals surface area contributed by atoms with E-state index < -0.39 is 0 Å². The molecule has 1 aromatic heterocycles. The van der Waals surface area contributed by atoms with Crippen LogP contribution in [0.3, 0.4) is 0 Å². The molecule has 0 saturated carbocycles. The highest BCUT2D eigenvalue weighted by Gasteiger charge is 2.21. The molecule has 7 heteroatoms. The van der Waals surface area contributed by atoms with Crippen LogP contribution in [0.4, 0.5) is 0 Å². The minimum absolute atomic E-state index is 0.0189. The van der Waals surface area contributed by atoms with Gasteiger partial charge >= 0.3 is 0 Å². The lowest BCUT2D eigenvalue weighted by Gasteiger charge is -2.25. The molecule has 0 fully saturated rings. The van der Waals surface area contributed by atoms with Crippen LogP contribution in [0.25, 0.3) is 11.4 Å². The molecular weight excluding hydrogens is 374 g/mol. The molecule has 1 heterocycles. The third kappa shape index (κ3) is 5.39. The summed E-state index contributed by atoms with van der Waals surface area (Å²) in [5.74, 6) is 0.611. The van der Waals surface area contributed by atoms with Gasteiger partial charge in [-0.15, -0.1) is 10.2 Å². The molecule has 0 saturated heterocycles. The number of nitrogens with zero attached hydrogens (tertiary/aromatic N) is 4. The first kappa shape index (κ1) is 20.0. The van der Waals surface area contributed by atoms with Gasteiger partial charge in [-0.3, -0.25) is 4.79 Å². The lowest BCUT2D eigenvalue weighted by Crippen LogP contribution is -2.36. The normalized spacial score (nSPS) is 11.4. The van der Waals surface area contributed by atoms with Crippen LogP contribution in [0.15, 0.2) is 54.6 Å². The van der Waals surface area contributed by atoms with Crippen molar-refractivity contribution in [2.75, 3.05) is 6.54 Å². The van der Waals surface area contributed by atoms with E-state index in [9.17, 15) is 4.79 Å². The van der Waals surface area contributed by atoms with Gasteiger partial charge in [0.2, 0.25) is 11.7 Å². The molecule has 0 aliphatic heterocycles. The Morgan fingerprint density at radius 1 is 1.11 bits per heavy atom. The van der Waals surface area contributed by atoms with E-state index in [0.717, 1.165) is 11.1 Å². The summed E-state index contributed by atoms with van der Waals surface area (Å²) in [6.45, 7) is 5.31. The van der Waals surface area contributed by atoms with Crippen molar-refractivity contribution in [2.45, 2.75) is 38.6 Å². The first-order valence-corrected chi connectivity index (χ1v) is 9.68. The van der Waals surface area contributed by atoms with E-state index in [-0.39, 0.29) is 11.3 Å². The number of tetrazole rings is 1. The fourth-order valence-electron chi connectivity index (χ4n) is 2.83. The Kier molecular flexibility index (Phi) is 6.41. The van der Waals surface area contributed by atoms with Crippen molar-refractivity contribution in [3.63, 3.8) is 0 Å². The molecule has 28 heavy (non-hydrogen) atoms. The Hall–Kier alpha value is -2.73. The largest absolute Gasteiger partial charge is 0.355 e. The Labute approximate surface area is 169 Å². The number of amides is 1. The standard InChI is InChI=1S/C21H24ClN5O/c1-21(2,17-10-12-18(22)13-11-17)15-23-19(28)9-6-14-27-25-20(24-26-27)16-7-4-3-5-8-16/h3-5,7-8,10-13H,6,9,14-15H2,1-2H3,(H,23,28). The molecule has 146 valence electrons. The van der Waals surface area contributed by atoms with Crippen molar-refractivity contribution in [3.05, 3.63) is 65.2 Å². The van der Waals surface area contributed by atoms with Crippen LogP contribution in [-0.2, 0) is 16.8 Å². The maximum Gasteiger partial charge on any atom is 0.220 e. The molecule has 0 spiro atoms. The Bertz CT molecular complexity index is 906. The number of hydrogen-bond acceptors (Lipinski definition) is 4. The number of aromatic nitrogens is 4. The fourth-order valence-corrected chi connectivity index (χ4v) is 2.96. The third-order valence-electron chi connectivity index (χ3n) is 4.60. The summed E-state index contributed by atoms with van der Waals surface area (Å²) in [6.07, 6.45) is 1.07. The molecule has 0 aliphatic rings. The lowest BCUT2D eigenvalue weighted by atomic mass is 9.84. The van der Waals surface area contributed by atoms with Crippen LogP contribution in [-0.4, -0.2) is 32.7 Å². The second kappa shape index (κ2) is 8.97. The molecule has 6 nitrogen and oxygen atoms in total. The zero-order valence-electron chi connectivity index (χ0n) is 16.1. The van der Waals surface area contributed by atoms with Crippen molar-refractivity contribution < 1.29 is 4.79 Å². The molecule has 0 unspecified atom stereocenters. The predicted octanol–water partition coefficient (Wildman–Crippen LogP) is 3.87. The number of benzene rings is 2. The number of nitrogens with one attached hydrogen (secondary N) is 1. The van der Waals surface area contributed by atoms with Crippen LogP contribution in [0, 0.1) is 0 Å². The highest BCUT2D eigenvalue weighted by atomic mass is 35.5. The van der Waals surface area contributed by atoms with E-state index in [1.165, 1.54) is 4.80 Å². The van der Waals surface area contributed by atoms with Crippen molar-refractivity contribution in [1.82, 2.24) is 25.5 Å². The van der Waals surface area contributed by atoms with Gasteiger partial charge in [-0.05, 0) is 29.3 Å². The van der Waals surface area contributed by atoms with Gasteiger partial charge < -0.3 is 5.32 Å². The molecule has 3 rings (SSSR count). The molecule has 1 N–H and O–H groups in total. The number of aryl methyl sites for hydroxylation is 1. The summed E-state index contributed by atoms with van der Waals surface area (Å²) >= 11 is 5.95. The summed E-state index contributed by atoms with van der Waals surface area (Å²) in [6, 6.07) is 17.4. The highest BCUT2D eigenvalue weighted by Crippen LogP contribution is 2.23. The van der Waals surface area contributed by atoms with Crippen molar-refractivity contribution in [3.8, 4) is 11.4 Å². The Morgan fingerprint density at radius 3 is 2.54 bits per heavy atom. The average Bonchev–Trinajstić information content (AvgIpc) is 3.16. The van der Waals surface area contributed by atoms with E-state index in [1.807, 2.05) is 54.6 Å². The molecule has 0 aliphatic carbocycles. The summed E-state index contributed by atoms with van der Waals surface area (Å²) in [7, 11) is 0. The monoisotopic (exact) mass is 397 g/mol. The Morgan fingerprint density at radius 2 is 1.82 bits per heavy atom.